The van der Waals surface area contributed by atoms with E-state index in [1.54, 1.807) is 55.5 Å². The van der Waals surface area contributed by atoms with Crippen LogP contribution in [0.25, 0.3) is 10.9 Å². The smallest absolute Gasteiger partial charge is 0.367 e. The molecule has 6 heteroatoms. The van der Waals surface area contributed by atoms with E-state index in [0.29, 0.717) is 16.7 Å². The van der Waals surface area contributed by atoms with Crippen LogP contribution in [0.15, 0.2) is 53.3 Å². The van der Waals surface area contributed by atoms with Crippen molar-refractivity contribution in [3.63, 3.8) is 0 Å². The third-order valence-electron chi connectivity index (χ3n) is 3.40. The highest BCUT2D eigenvalue weighted by atomic mass is 16.7. The molecule has 0 fully saturated rings. The summed E-state index contributed by atoms with van der Waals surface area (Å²) in [6, 6.07) is 13.5. The summed E-state index contributed by atoms with van der Waals surface area (Å²) in [5.74, 6) is -0.0290. The van der Waals surface area contributed by atoms with Gasteiger partial charge in [0.05, 0.1) is 18.0 Å². The van der Waals surface area contributed by atoms with Gasteiger partial charge in [-0.05, 0) is 31.2 Å². The number of carbonyl (C=O) groups excluding carboxylic acids is 1. The first-order chi connectivity index (χ1) is 11.1. The summed E-state index contributed by atoms with van der Waals surface area (Å²) >= 11 is 0. The molecule has 0 saturated carbocycles. The number of aryl methyl sites for hydroxylation is 1. The van der Waals surface area contributed by atoms with E-state index >= 15 is 0 Å². The topological polar surface area (TPSA) is 70.4 Å². The number of aromatic nitrogens is 2. The van der Waals surface area contributed by atoms with Crippen LogP contribution in [0.1, 0.15) is 16.2 Å². The lowest BCUT2D eigenvalue weighted by Crippen LogP contribution is -2.33. The average molecular weight is 310 g/mol. The molecule has 0 bridgehead atoms. The molecule has 2 aromatic carbocycles. The van der Waals surface area contributed by atoms with Crippen LogP contribution in [0.2, 0.25) is 0 Å². The minimum Gasteiger partial charge on any atom is -0.496 e. The molecule has 116 valence electrons. The summed E-state index contributed by atoms with van der Waals surface area (Å²) in [6.45, 7) is 1.60. The lowest BCUT2D eigenvalue weighted by molar-refractivity contribution is 0.0424. The first-order valence-electron chi connectivity index (χ1n) is 6.96. The van der Waals surface area contributed by atoms with E-state index in [1.165, 1.54) is 7.11 Å². The highest BCUT2D eigenvalue weighted by Crippen LogP contribution is 2.17. The maximum atomic E-state index is 12.5. The Bertz CT molecular complexity index is 947. The van der Waals surface area contributed by atoms with Crippen molar-refractivity contribution < 1.29 is 14.4 Å². The van der Waals surface area contributed by atoms with Gasteiger partial charge >= 0.3 is 5.97 Å². The molecule has 3 rings (SSSR count). The Morgan fingerprint density at radius 1 is 1.09 bits per heavy atom. The van der Waals surface area contributed by atoms with E-state index in [2.05, 4.69) is 4.98 Å². The molecule has 3 aromatic rings. The largest absolute Gasteiger partial charge is 0.496 e. The third-order valence-corrected chi connectivity index (χ3v) is 3.40. The number of para-hydroxylation sites is 2. The van der Waals surface area contributed by atoms with Crippen molar-refractivity contribution in [1.82, 2.24) is 9.71 Å². The van der Waals surface area contributed by atoms with Crippen LogP contribution in [0, 0.1) is 6.92 Å². The SMILES string of the molecule is COc1ccccc1C(=O)On1c(C)nc2ccccc2c1=O. The van der Waals surface area contributed by atoms with Gasteiger partial charge in [0.25, 0.3) is 5.56 Å². The van der Waals surface area contributed by atoms with Gasteiger partial charge in [-0.25, -0.2) is 9.78 Å². The summed E-state index contributed by atoms with van der Waals surface area (Å²) < 4.78 is 6.03. The van der Waals surface area contributed by atoms with Crippen LogP contribution in [-0.2, 0) is 0 Å². The van der Waals surface area contributed by atoms with Gasteiger partial charge in [-0.3, -0.25) is 4.79 Å². The molecule has 0 aliphatic heterocycles. The lowest BCUT2D eigenvalue weighted by Gasteiger charge is -2.11. The number of ether oxygens (including phenoxy) is 1. The summed E-state index contributed by atoms with van der Waals surface area (Å²) in [5, 5.41) is 0.380. The van der Waals surface area contributed by atoms with Crippen molar-refractivity contribution in [1.29, 1.82) is 0 Å². The number of methoxy groups -OCH3 is 1. The van der Waals surface area contributed by atoms with Crippen molar-refractivity contribution >= 4 is 16.9 Å². The molecular weight excluding hydrogens is 296 g/mol. The standard InChI is InChI=1S/C17H14N2O4/c1-11-18-14-9-5-3-7-12(14)16(20)19(11)23-17(21)13-8-4-6-10-15(13)22-2/h3-10H,1-2H3. The average Bonchev–Trinajstić information content (AvgIpc) is 2.58. The molecule has 0 radical (unpaired) electrons. The zero-order valence-electron chi connectivity index (χ0n) is 12.6. The molecular formula is C17H14N2O4. The second-order valence-electron chi connectivity index (χ2n) is 4.85. The van der Waals surface area contributed by atoms with Crippen LogP contribution in [0.4, 0.5) is 0 Å². The second-order valence-corrected chi connectivity index (χ2v) is 4.85. The normalized spacial score (nSPS) is 10.5. The number of hydrogen-bond acceptors (Lipinski definition) is 5. The molecule has 0 aliphatic rings. The summed E-state index contributed by atoms with van der Waals surface area (Å²) in [4.78, 5) is 34.3. The van der Waals surface area contributed by atoms with Crippen LogP contribution < -0.4 is 15.1 Å². The second kappa shape index (κ2) is 5.92. The van der Waals surface area contributed by atoms with E-state index in [1.807, 2.05) is 0 Å². The number of rotatable bonds is 3. The van der Waals surface area contributed by atoms with Crippen LogP contribution in [0.5, 0.6) is 5.75 Å². The van der Waals surface area contributed by atoms with Crippen molar-refractivity contribution in [3.05, 3.63) is 70.3 Å². The highest BCUT2D eigenvalue weighted by Gasteiger charge is 2.17. The van der Waals surface area contributed by atoms with Crippen LogP contribution in [0.3, 0.4) is 0 Å². The van der Waals surface area contributed by atoms with Gasteiger partial charge in [0.15, 0.2) is 0 Å². The van der Waals surface area contributed by atoms with Gasteiger partial charge < -0.3 is 9.57 Å². The minimum absolute atomic E-state index is 0.231. The Morgan fingerprint density at radius 3 is 2.57 bits per heavy atom. The predicted octanol–water partition coefficient (Wildman–Crippen LogP) is 1.98. The summed E-state index contributed by atoms with van der Waals surface area (Å²) in [6.07, 6.45) is 0. The Kier molecular flexibility index (Phi) is 3.80. The molecule has 0 amide bonds. The van der Waals surface area contributed by atoms with Gasteiger partial charge in [0.1, 0.15) is 17.1 Å². The molecule has 1 aromatic heterocycles. The van der Waals surface area contributed by atoms with Gasteiger partial charge in [0, 0.05) is 0 Å². The first kappa shape index (κ1) is 14.8. The Labute approximate surface area is 131 Å². The van der Waals surface area contributed by atoms with Gasteiger partial charge in [-0.15, -0.1) is 4.73 Å². The van der Waals surface area contributed by atoms with Gasteiger partial charge in [-0.1, -0.05) is 24.3 Å². The number of nitrogens with zero attached hydrogens (tertiary/aromatic N) is 2. The van der Waals surface area contributed by atoms with Crippen molar-refractivity contribution in [2.45, 2.75) is 6.92 Å². The van der Waals surface area contributed by atoms with E-state index in [-0.39, 0.29) is 11.4 Å². The molecule has 0 aliphatic carbocycles. The molecule has 23 heavy (non-hydrogen) atoms. The van der Waals surface area contributed by atoms with Crippen molar-refractivity contribution in [2.24, 2.45) is 0 Å². The monoisotopic (exact) mass is 310 g/mol. The fourth-order valence-corrected chi connectivity index (χ4v) is 2.28. The van der Waals surface area contributed by atoms with E-state index < -0.39 is 11.5 Å². The number of hydrogen-bond donors (Lipinski definition) is 0. The van der Waals surface area contributed by atoms with E-state index in [0.717, 1.165) is 4.73 Å². The van der Waals surface area contributed by atoms with E-state index in [4.69, 9.17) is 9.57 Å². The van der Waals surface area contributed by atoms with Crippen LogP contribution in [-0.4, -0.2) is 22.8 Å². The molecule has 0 unspecified atom stereocenters. The highest BCUT2D eigenvalue weighted by molar-refractivity contribution is 5.92. The summed E-state index contributed by atoms with van der Waals surface area (Å²) in [7, 11) is 1.46. The fraction of sp³-hybridized carbons (Fsp3) is 0.118. The van der Waals surface area contributed by atoms with Crippen LogP contribution >= 0.6 is 0 Å². The number of carbonyl (C=O) groups is 1. The Hall–Kier alpha value is -3.15. The van der Waals surface area contributed by atoms with Crippen molar-refractivity contribution in [3.8, 4) is 5.75 Å². The zero-order valence-corrected chi connectivity index (χ0v) is 12.6. The van der Waals surface area contributed by atoms with Crippen molar-refractivity contribution in [2.75, 3.05) is 7.11 Å². The molecule has 0 N–H and O–H groups in total. The Balaban J connectivity index is 2.05. The van der Waals surface area contributed by atoms with E-state index in [9.17, 15) is 9.59 Å². The minimum atomic E-state index is -0.690. The zero-order chi connectivity index (χ0) is 16.4. The molecule has 1 heterocycles. The van der Waals surface area contributed by atoms with Gasteiger partial charge in [0.2, 0.25) is 0 Å². The number of fused-ring (bicyclic) bond motifs is 1. The molecule has 0 atom stereocenters. The fourth-order valence-electron chi connectivity index (χ4n) is 2.28. The number of benzene rings is 2. The third kappa shape index (κ3) is 2.66. The summed E-state index contributed by atoms with van der Waals surface area (Å²) in [5.41, 5.74) is 0.352. The first-order valence-corrected chi connectivity index (χ1v) is 6.96. The van der Waals surface area contributed by atoms with Gasteiger partial charge in [-0.2, -0.15) is 0 Å². The quantitative estimate of drug-likeness (QED) is 0.740. The maximum absolute atomic E-state index is 12.5. The lowest BCUT2D eigenvalue weighted by atomic mass is 10.2. The molecule has 0 saturated heterocycles. The molecule has 0 spiro atoms. The predicted molar refractivity (Wildman–Crippen MR) is 84.6 cm³/mol. The maximum Gasteiger partial charge on any atom is 0.367 e. The molecule has 6 nitrogen and oxygen atoms in total. The Morgan fingerprint density at radius 2 is 1.78 bits per heavy atom.